The van der Waals surface area contributed by atoms with E-state index in [0.717, 1.165) is 24.9 Å². The van der Waals surface area contributed by atoms with Crippen LogP contribution >= 0.6 is 0 Å². The smallest absolute Gasteiger partial charge is 0.407 e. The van der Waals surface area contributed by atoms with Gasteiger partial charge in [-0.2, -0.15) is 0 Å². The average molecular weight is 282 g/mol. The van der Waals surface area contributed by atoms with Crippen LogP contribution in [-0.4, -0.2) is 45.9 Å². The molecule has 0 saturated heterocycles. The molecule has 0 unspecified atom stereocenters. The van der Waals surface area contributed by atoms with E-state index in [1.165, 1.54) is 0 Å². The zero-order valence-electron chi connectivity index (χ0n) is 12.0. The largest absolute Gasteiger partial charge is 0.590 e. The maximum Gasteiger partial charge on any atom is 0.590 e. The van der Waals surface area contributed by atoms with Crippen LogP contribution in [0.2, 0.25) is 12.1 Å². The van der Waals surface area contributed by atoms with Crippen LogP contribution in [0.5, 0.6) is 0 Å². The zero-order valence-corrected chi connectivity index (χ0v) is 14.0. The lowest BCUT2D eigenvalue weighted by Gasteiger charge is -2.36. The Labute approximate surface area is 107 Å². The highest BCUT2D eigenvalue weighted by Gasteiger charge is 2.49. The molecule has 0 amide bonds. The quantitative estimate of drug-likeness (QED) is 0.619. The van der Waals surface area contributed by atoms with Gasteiger partial charge < -0.3 is 17.7 Å². The maximum atomic E-state index is 5.80. The summed E-state index contributed by atoms with van der Waals surface area (Å²) in [5, 5.41) is 0. The Morgan fingerprint density at radius 1 is 0.765 bits per heavy atom. The third kappa shape index (κ3) is 4.78. The van der Waals surface area contributed by atoms with E-state index in [1.807, 2.05) is 0 Å². The molecule has 0 aliphatic rings. The minimum atomic E-state index is -2.76. The van der Waals surface area contributed by atoms with Crippen LogP contribution in [0.1, 0.15) is 26.7 Å². The van der Waals surface area contributed by atoms with Crippen molar-refractivity contribution in [3.8, 4) is 0 Å². The lowest BCUT2D eigenvalue weighted by molar-refractivity contribution is 0.115. The van der Waals surface area contributed by atoms with Gasteiger partial charge in [-0.3, -0.25) is 4.65 Å². The van der Waals surface area contributed by atoms with Gasteiger partial charge >= 0.3 is 8.97 Å². The highest BCUT2D eigenvalue weighted by Crippen LogP contribution is 2.20. The molecule has 0 aliphatic carbocycles. The second-order valence-electron chi connectivity index (χ2n) is 3.99. The molecule has 0 rings (SSSR count). The van der Waals surface area contributed by atoms with Crippen molar-refractivity contribution in [1.82, 2.24) is 4.65 Å². The fraction of sp³-hybridized carbons (Fsp3) is 1.00. The summed E-state index contributed by atoms with van der Waals surface area (Å²) in [6.45, 7) is 4.32. The second-order valence-corrected chi connectivity index (χ2v) is 10.7. The molecular formula is C10H27NO4Si2. The third-order valence-electron chi connectivity index (χ3n) is 2.89. The maximum absolute atomic E-state index is 5.80. The molecule has 0 radical (unpaired) electrons. The Kier molecular flexibility index (Phi) is 8.47. The standard InChI is InChI=1S/C10H27NO4Si2/c1-7-9-16(12-3,10-8-2)11-17(13-4,14-5)15-6/h11H,7-10H2,1-6H3. The summed E-state index contributed by atoms with van der Waals surface area (Å²) in [5.74, 6) is 0. The molecule has 1 N–H and O–H groups in total. The summed E-state index contributed by atoms with van der Waals surface area (Å²) < 4.78 is 25.5. The van der Waals surface area contributed by atoms with Gasteiger partial charge in [-0.1, -0.05) is 26.7 Å². The molecule has 7 heteroatoms. The van der Waals surface area contributed by atoms with Crippen molar-refractivity contribution in [3.05, 3.63) is 0 Å². The predicted molar refractivity (Wildman–Crippen MR) is 72.9 cm³/mol. The topological polar surface area (TPSA) is 49.0 Å². The van der Waals surface area contributed by atoms with Crippen molar-refractivity contribution in [2.75, 3.05) is 28.4 Å². The summed E-state index contributed by atoms with van der Waals surface area (Å²) in [5.41, 5.74) is 0. The monoisotopic (exact) mass is 281 g/mol. The molecule has 0 fully saturated rings. The molecule has 5 nitrogen and oxygen atoms in total. The Morgan fingerprint density at radius 2 is 1.18 bits per heavy atom. The van der Waals surface area contributed by atoms with Crippen LogP contribution in [0.4, 0.5) is 0 Å². The molecule has 0 aromatic carbocycles. The number of hydrogen-bond acceptors (Lipinski definition) is 5. The van der Waals surface area contributed by atoms with E-state index < -0.39 is 17.4 Å². The fourth-order valence-corrected chi connectivity index (χ4v) is 9.63. The Balaban J connectivity index is 4.91. The number of hydrogen-bond donors (Lipinski definition) is 1. The molecule has 0 bridgehead atoms. The van der Waals surface area contributed by atoms with Gasteiger partial charge in [0.2, 0.25) is 0 Å². The average Bonchev–Trinajstić information content (AvgIpc) is 2.36. The molecule has 17 heavy (non-hydrogen) atoms. The van der Waals surface area contributed by atoms with Gasteiger partial charge in [-0.25, -0.2) is 0 Å². The minimum Gasteiger partial charge on any atom is -0.407 e. The van der Waals surface area contributed by atoms with Crippen LogP contribution in [0.3, 0.4) is 0 Å². The fourth-order valence-electron chi connectivity index (χ4n) is 1.99. The highest BCUT2D eigenvalue weighted by atomic mass is 28.5. The van der Waals surface area contributed by atoms with Crippen LogP contribution in [-0.2, 0) is 17.7 Å². The summed E-state index contributed by atoms with van der Waals surface area (Å²) in [7, 11) is 1.81. The first kappa shape index (κ1) is 17.2. The molecule has 0 aromatic heterocycles. The SMILES string of the molecule is CCC[Si](CCC)(N[Si](OC)(OC)OC)OC. The van der Waals surface area contributed by atoms with E-state index in [4.69, 9.17) is 17.7 Å². The van der Waals surface area contributed by atoms with Gasteiger partial charge in [0.1, 0.15) is 0 Å². The van der Waals surface area contributed by atoms with Crippen molar-refractivity contribution >= 4 is 17.4 Å². The van der Waals surface area contributed by atoms with Gasteiger partial charge in [0.15, 0.2) is 0 Å². The van der Waals surface area contributed by atoms with Crippen molar-refractivity contribution in [2.24, 2.45) is 0 Å². The Bertz CT molecular complexity index is 188. The van der Waals surface area contributed by atoms with E-state index in [9.17, 15) is 0 Å². The Hall–Kier alpha value is 0.234. The van der Waals surface area contributed by atoms with Gasteiger partial charge in [0.05, 0.1) is 0 Å². The van der Waals surface area contributed by atoms with Crippen molar-refractivity contribution < 1.29 is 17.7 Å². The van der Waals surface area contributed by atoms with E-state index >= 15 is 0 Å². The van der Waals surface area contributed by atoms with Gasteiger partial charge in [-0.05, 0) is 12.1 Å². The minimum absolute atomic E-state index is 1.03. The lowest BCUT2D eigenvalue weighted by Crippen LogP contribution is -2.69. The molecule has 0 aliphatic heterocycles. The number of rotatable bonds is 10. The third-order valence-corrected chi connectivity index (χ3v) is 10.9. The lowest BCUT2D eigenvalue weighted by atomic mass is 10.6. The summed E-state index contributed by atoms with van der Waals surface area (Å²) in [4.78, 5) is 0. The first-order valence-corrected chi connectivity index (χ1v) is 10.1. The van der Waals surface area contributed by atoms with E-state index in [0.29, 0.717) is 0 Å². The molecule has 0 saturated carbocycles. The summed E-state index contributed by atoms with van der Waals surface area (Å²) >= 11 is 0. The second kappa shape index (κ2) is 8.36. The van der Waals surface area contributed by atoms with Crippen LogP contribution < -0.4 is 4.65 Å². The summed E-state index contributed by atoms with van der Waals surface area (Å²) in [6, 6.07) is 2.06. The zero-order chi connectivity index (χ0) is 13.4. The van der Waals surface area contributed by atoms with E-state index in [2.05, 4.69) is 18.5 Å². The van der Waals surface area contributed by atoms with E-state index in [-0.39, 0.29) is 0 Å². The first-order valence-electron chi connectivity index (χ1n) is 6.07. The van der Waals surface area contributed by atoms with Crippen molar-refractivity contribution in [1.29, 1.82) is 0 Å². The highest BCUT2D eigenvalue weighted by molar-refractivity contribution is 6.82. The van der Waals surface area contributed by atoms with Gasteiger partial charge in [0.25, 0.3) is 8.48 Å². The molecule has 0 heterocycles. The molecule has 0 atom stereocenters. The molecule has 0 spiro atoms. The first-order chi connectivity index (χ1) is 8.07. The van der Waals surface area contributed by atoms with Crippen LogP contribution in [0, 0.1) is 0 Å². The molecule has 0 aromatic rings. The Morgan fingerprint density at radius 3 is 1.41 bits per heavy atom. The van der Waals surface area contributed by atoms with Crippen LogP contribution in [0.15, 0.2) is 0 Å². The number of nitrogens with one attached hydrogen (secondary N) is 1. The normalized spacial score (nSPS) is 13.1. The predicted octanol–water partition coefficient (Wildman–Crippen LogP) is 1.86. The van der Waals surface area contributed by atoms with Crippen LogP contribution in [0.25, 0.3) is 0 Å². The summed E-state index contributed by atoms with van der Waals surface area (Å²) in [6.07, 6.45) is 2.16. The van der Waals surface area contributed by atoms with Crippen molar-refractivity contribution in [3.63, 3.8) is 0 Å². The van der Waals surface area contributed by atoms with Crippen molar-refractivity contribution in [2.45, 2.75) is 38.8 Å². The molecular weight excluding hydrogens is 254 g/mol. The van der Waals surface area contributed by atoms with Gasteiger partial charge in [0, 0.05) is 28.4 Å². The van der Waals surface area contributed by atoms with Gasteiger partial charge in [-0.15, -0.1) is 0 Å². The molecule has 104 valence electrons. The van der Waals surface area contributed by atoms with E-state index in [1.54, 1.807) is 28.4 Å².